The van der Waals surface area contributed by atoms with Gasteiger partial charge in [0.1, 0.15) is 0 Å². The highest BCUT2D eigenvalue weighted by atomic mass is 28.1. The Hall–Kier alpha value is -0.563. The van der Waals surface area contributed by atoms with Gasteiger partial charge in [0.2, 0.25) is 0 Å². The maximum atomic E-state index is 2.26. The van der Waals surface area contributed by atoms with Gasteiger partial charge in [-0.05, 0) is 18.4 Å². The molecule has 1 aromatic carbocycles. The third kappa shape index (κ3) is 2.50. The van der Waals surface area contributed by atoms with Crippen LogP contribution in [0.25, 0.3) is 0 Å². The van der Waals surface area contributed by atoms with Crippen LogP contribution in [0.2, 0.25) is 0 Å². The molecule has 0 aromatic heterocycles. The predicted molar refractivity (Wildman–Crippen MR) is 54.6 cm³/mol. The molecule has 0 aliphatic heterocycles. The summed E-state index contributed by atoms with van der Waals surface area (Å²) in [4.78, 5) is 0. The summed E-state index contributed by atoms with van der Waals surface area (Å²) in [5, 5.41) is 1.57. The maximum absolute atomic E-state index is 2.26. The molecule has 0 bridgehead atoms. The van der Waals surface area contributed by atoms with E-state index in [9.17, 15) is 0 Å². The van der Waals surface area contributed by atoms with Crippen molar-refractivity contribution in [3.05, 3.63) is 29.8 Å². The SMILES string of the molecule is CCCCc1ccccc1[SiH3]. The van der Waals surface area contributed by atoms with Crippen LogP contribution in [0.1, 0.15) is 25.3 Å². The average Bonchev–Trinajstić information content (AvgIpc) is 2.03. The molecular formula is C10H16Si. The van der Waals surface area contributed by atoms with Gasteiger partial charge in [-0.3, -0.25) is 0 Å². The normalized spacial score (nSPS) is 10.3. The molecule has 1 rings (SSSR count). The summed E-state index contributed by atoms with van der Waals surface area (Å²) in [6.07, 6.45) is 3.91. The lowest BCUT2D eigenvalue weighted by Crippen LogP contribution is -2.08. The van der Waals surface area contributed by atoms with Crippen molar-refractivity contribution in [2.24, 2.45) is 0 Å². The lowest BCUT2D eigenvalue weighted by Gasteiger charge is -2.02. The van der Waals surface area contributed by atoms with Gasteiger partial charge in [0.25, 0.3) is 0 Å². The Balaban J connectivity index is 2.62. The van der Waals surface area contributed by atoms with Gasteiger partial charge in [0, 0.05) is 10.2 Å². The first kappa shape index (κ1) is 8.53. The van der Waals surface area contributed by atoms with E-state index in [1.165, 1.54) is 29.5 Å². The van der Waals surface area contributed by atoms with Gasteiger partial charge >= 0.3 is 0 Å². The topological polar surface area (TPSA) is 0 Å². The minimum atomic E-state index is 1.19. The Morgan fingerprint density at radius 3 is 2.64 bits per heavy atom. The van der Waals surface area contributed by atoms with Gasteiger partial charge in [0.15, 0.2) is 0 Å². The first-order valence-corrected chi connectivity index (χ1v) is 5.39. The Labute approximate surface area is 72.1 Å². The maximum Gasteiger partial charge on any atom is 0.0388 e. The molecule has 0 radical (unpaired) electrons. The molecule has 60 valence electrons. The zero-order valence-corrected chi connectivity index (χ0v) is 9.43. The molecule has 0 saturated heterocycles. The first-order valence-electron chi connectivity index (χ1n) is 4.39. The molecule has 0 fully saturated rings. The van der Waals surface area contributed by atoms with Crippen molar-refractivity contribution in [2.75, 3.05) is 0 Å². The lowest BCUT2D eigenvalue weighted by atomic mass is 10.1. The minimum Gasteiger partial charge on any atom is -0.0676 e. The van der Waals surface area contributed by atoms with Crippen LogP contribution in [0.3, 0.4) is 0 Å². The summed E-state index contributed by atoms with van der Waals surface area (Å²) in [5.74, 6) is 0. The lowest BCUT2D eigenvalue weighted by molar-refractivity contribution is 0.798. The van der Waals surface area contributed by atoms with Crippen molar-refractivity contribution in [3.63, 3.8) is 0 Å². The molecule has 0 aliphatic rings. The van der Waals surface area contributed by atoms with Crippen LogP contribution in [0, 0.1) is 0 Å². The van der Waals surface area contributed by atoms with Crippen LogP contribution in [0.5, 0.6) is 0 Å². The number of benzene rings is 1. The molecule has 0 heterocycles. The van der Waals surface area contributed by atoms with Crippen LogP contribution in [0.4, 0.5) is 0 Å². The second kappa shape index (κ2) is 4.34. The van der Waals surface area contributed by atoms with E-state index in [0.29, 0.717) is 0 Å². The molecule has 0 spiro atoms. The summed E-state index contributed by atoms with van der Waals surface area (Å²) in [5.41, 5.74) is 1.57. The molecule has 0 unspecified atom stereocenters. The molecule has 0 atom stereocenters. The van der Waals surface area contributed by atoms with Crippen molar-refractivity contribution in [2.45, 2.75) is 26.2 Å². The van der Waals surface area contributed by atoms with E-state index in [0.717, 1.165) is 0 Å². The van der Waals surface area contributed by atoms with Gasteiger partial charge in [-0.25, -0.2) is 0 Å². The zero-order valence-electron chi connectivity index (χ0n) is 7.43. The first-order chi connectivity index (χ1) is 5.34. The Kier molecular flexibility index (Phi) is 3.37. The second-order valence-corrected chi connectivity index (χ2v) is 4.11. The smallest absolute Gasteiger partial charge is 0.0388 e. The fraction of sp³-hybridized carbons (Fsp3) is 0.400. The molecule has 0 aliphatic carbocycles. The predicted octanol–water partition coefficient (Wildman–Crippen LogP) is 1.02. The van der Waals surface area contributed by atoms with E-state index in [-0.39, 0.29) is 0 Å². The fourth-order valence-corrected chi connectivity index (χ4v) is 1.87. The van der Waals surface area contributed by atoms with E-state index < -0.39 is 0 Å². The van der Waals surface area contributed by atoms with E-state index >= 15 is 0 Å². The van der Waals surface area contributed by atoms with Gasteiger partial charge in [-0.1, -0.05) is 42.8 Å². The van der Waals surface area contributed by atoms with E-state index in [1.54, 1.807) is 10.8 Å². The summed E-state index contributed by atoms with van der Waals surface area (Å²) >= 11 is 0. The minimum absolute atomic E-state index is 1.19. The molecule has 11 heavy (non-hydrogen) atoms. The molecule has 0 nitrogen and oxygen atoms in total. The number of unbranched alkanes of at least 4 members (excludes halogenated alkanes) is 1. The zero-order chi connectivity index (χ0) is 8.10. The highest BCUT2D eigenvalue weighted by Gasteiger charge is 1.93. The van der Waals surface area contributed by atoms with Gasteiger partial charge in [-0.2, -0.15) is 0 Å². The summed E-state index contributed by atoms with van der Waals surface area (Å²) < 4.78 is 0. The highest BCUT2D eigenvalue weighted by Crippen LogP contribution is 2.00. The Morgan fingerprint density at radius 1 is 1.27 bits per heavy atom. The molecule has 0 amide bonds. The van der Waals surface area contributed by atoms with Crippen molar-refractivity contribution >= 4 is 15.4 Å². The third-order valence-corrected chi connectivity index (χ3v) is 3.04. The fourth-order valence-electron chi connectivity index (χ4n) is 1.26. The van der Waals surface area contributed by atoms with Crippen molar-refractivity contribution < 1.29 is 0 Å². The number of rotatable bonds is 3. The largest absolute Gasteiger partial charge is 0.0676 e. The van der Waals surface area contributed by atoms with Gasteiger partial charge in [-0.15, -0.1) is 0 Å². The van der Waals surface area contributed by atoms with Crippen LogP contribution in [0.15, 0.2) is 24.3 Å². The van der Waals surface area contributed by atoms with Gasteiger partial charge < -0.3 is 0 Å². The third-order valence-electron chi connectivity index (χ3n) is 2.06. The molecule has 0 saturated carbocycles. The summed E-state index contributed by atoms with van der Waals surface area (Å²) in [6.45, 7) is 2.25. The number of hydrogen-bond acceptors (Lipinski definition) is 0. The van der Waals surface area contributed by atoms with E-state index in [4.69, 9.17) is 0 Å². The molecule has 1 heteroatoms. The summed E-state index contributed by atoms with van der Waals surface area (Å²) in [6, 6.07) is 8.79. The van der Waals surface area contributed by atoms with Crippen molar-refractivity contribution in [3.8, 4) is 0 Å². The van der Waals surface area contributed by atoms with Crippen LogP contribution in [-0.2, 0) is 6.42 Å². The van der Waals surface area contributed by atoms with Crippen LogP contribution < -0.4 is 5.19 Å². The van der Waals surface area contributed by atoms with E-state index in [1.807, 2.05) is 0 Å². The molecule has 0 N–H and O–H groups in total. The van der Waals surface area contributed by atoms with Crippen LogP contribution >= 0.6 is 0 Å². The number of aryl methyl sites for hydroxylation is 1. The average molecular weight is 164 g/mol. The standard InChI is InChI=1S/C10H16Si/c1-2-3-6-9-7-4-5-8-10(9)11/h4-5,7-8H,2-3,6H2,1,11H3. The van der Waals surface area contributed by atoms with Crippen molar-refractivity contribution in [1.82, 2.24) is 0 Å². The Morgan fingerprint density at radius 2 is 2.00 bits per heavy atom. The van der Waals surface area contributed by atoms with Crippen LogP contribution in [-0.4, -0.2) is 10.2 Å². The highest BCUT2D eigenvalue weighted by molar-refractivity contribution is 6.33. The Bertz CT molecular complexity index is 218. The second-order valence-electron chi connectivity index (χ2n) is 3.03. The monoisotopic (exact) mass is 164 g/mol. The summed E-state index contributed by atoms with van der Waals surface area (Å²) in [7, 11) is 1.19. The quantitative estimate of drug-likeness (QED) is 0.585. The van der Waals surface area contributed by atoms with E-state index in [2.05, 4.69) is 31.2 Å². The van der Waals surface area contributed by atoms with Crippen molar-refractivity contribution in [1.29, 1.82) is 0 Å². The number of hydrogen-bond donors (Lipinski definition) is 0. The van der Waals surface area contributed by atoms with Gasteiger partial charge in [0.05, 0.1) is 0 Å². The molecule has 1 aromatic rings. The molecular weight excluding hydrogens is 148 g/mol.